The number of furan rings is 1. The van der Waals surface area contributed by atoms with Crippen LogP contribution in [0.25, 0.3) is 11.0 Å². The molecule has 0 radical (unpaired) electrons. The number of piperidine rings is 1. The second kappa shape index (κ2) is 4.84. The molecule has 2 saturated heterocycles. The van der Waals surface area contributed by atoms with Crippen molar-refractivity contribution in [3.05, 3.63) is 29.8 Å². The second-order valence-corrected chi connectivity index (χ2v) is 6.07. The largest absolute Gasteiger partial charge is 0.462 e. The van der Waals surface area contributed by atoms with Crippen molar-refractivity contribution >= 4 is 16.9 Å². The van der Waals surface area contributed by atoms with Crippen LogP contribution >= 0.6 is 0 Å². The summed E-state index contributed by atoms with van der Waals surface area (Å²) in [6.07, 6.45) is 5.47. The van der Waals surface area contributed by atoms with Gasteiger partial charge in [-0.15, -0.1) is 0 Å². The molecule has 2 aliphatic rings. The van der Waals surface area contributed by atoms with Crippen molar-refractivity contribution in [1.29, 1.82) is 0 Å². The third kappa shape index (κ3) is 2.12. The van der Waals surface area contributed by atoms with Crippen LogP contribution in [0, 0.1) is 5.92 Å². The third-order valence-electron chi connectivity index (χ3n) is 4.80. The summed E-state index contributed by atoms with van der Waals surface area (Å²) < 4.78 is 5.45. The van der Waals surface area contributed by atoms with Crippen LogP contribution in [0.3, 0.4) is 0 Å². The monoisotopic (exact) mass is 285 g/mol. The molecule has 2 aromatic heterocycles. The molecule has 21 heavy (non-hydrogen) atoms. The van der Waals surface area contributed by atoms with Crippen LogP contribution in [-0.4, -0.2) is 41.5 Å². The molecule has 2 fully saturated rings. The fourth-order valence-electron chi connectivity index (χ4n) is 3.57. The molecule has 4 rings (SSSR count). The zero-order chi connectivity index (χ0) is 14.4. The molecule has 0 aliphatic carbocycles. The van der Waals surface area contributed by atoms with E-state index in [4.69, 9.17) is 4.42 Å². The lowest BCUT2D eigenvalue weighted by Gasteiger charge is -2.22. The number of amides is 1. The van der Waals surface area contributed by atoms with Crippen molar-refractivity contribution in [2.24, 2.45) is 5.92 Å². The Morgan fingerprint density at radius 2 is 2.43 bits per heavy atom. The molecular formula is C16H19N3O2. The number of fused-ring (bicyclic) bond motifs is 3. The molecule has 1 amide bonds. The number of carbonyl (C=O) groups is 1. The van der Waals surface area contributed by atoms with E-state index in [0.717, 1.165) is 36.0 Å². The van der Waals surface area contributed by atoms with Crippen molar-refractivity contribution in [2.45, 2.75) is 25.8 Å². The highest BCUT2D eigenvalue weighted by Gasteiger charge is 2.38. The molecule has 2 bridgehead atoms. The van der Waals surface area contributed by atoms with Crippen molar-refractivity contribution < 1.29 is 9.21 Å². The Balaban J connectivity index is 1.56. The van der Waals surface area contributed by atoms with Crippen LogP contribution in [0.5, 0.6) is 0 Å². The lowest BCUT2D eigenvalue weighted by molar-refractivity contribution is 0.0919. The van der Waals surface area contributed by atoms with Gasteiger partial charge < -0.3 is 14.6 Å². The zero-order valence-corrected chi connectivity index (χ0v) is 12.1. The van der Waals surface area contributed by atoms with Gasteiger partial charge in [0.25, 0.3) is 5.91 Å². The first kappa shape index (κ1) is 12.8. The average Bonchev–Trinajstić information content (AvgIpc) is 3.21. The molecule has 5 heteroatoms. The molecular weight excluding hydrogens is 266 g/mol. The van der Waals surface area contributed by atoms with Crippen molar-refractivity contribution in [3.63, 3.8) is 0 Å². The summed E-state index contributed by atoms with van der Waals surface area (Å²) in [6, 6.07) is 2.12. The SMILES string of the molecule is CCc1coc2cnc(C(=O)NC3CN4CC[C@H]3C4)cc12. The normalized spacial score (nSPS) is 27.4. The fraction of sp³-hybridized carbons (Fsp3) is 0.500. The van der Waals surface area contributed by atoms with Gasteiger partial charge in [-0.2, -0.15) is 0 Å². The molecule has 2 aliphatic heterocycles. The molecule has 5 nitrogen and oxygen atoms in total. The average molecular weight is 285 g/mol. The van der Waals surface area contributed by atoms with Crippen LogP contribution in [0.4, 0.5) is 0 Å². The molecule has 4 heterocycles. The van der Waals surface area contributed by atoms with Gasteiger partial charge in [0.05, 0.1) is 12.5 Å². The number of hydrogen-bond donors (Lipinski definition) is 1. The first-order valence-corrected chi connectivity index (χ1v) is 7.64. The molecule has 110 valence electrons. The topological polar surface area (TPSA) is 58.4 Å². The van der Waals surface area contributed by atoms with Crippen molar-refractivity contribution in [1.82, 2.24) is 15.2 Å². The van der Waals surface area contributed by atoms with Crippen LogP contribution < -0.4 is 5.32 Å². The number of pyridine rings is 1. The zero-order valence-electron chi connectivity index (χ0n) is 12.1. The van der Waals surface area contributed by atoms with Gasteiger partial charge in [-0.1, -0.05) is 6.92 Å². The summed E-state index contributed by atoms with van der Waals surface area (Å²) in [6.45, 7) is 5.36. The maximum Gasteiger partial charge on any atom is 0.270 e. The van der Waals surface area contributed by atoms with E-state index in [-0.39, 0.29) is 11.9 Å². The lowest BCUT2D eigenvalue weighted by atomic mass is 10.00. The smallest absolute Gasteiger partial charge is 0.270 e. The van der Waals surface area contributed by atoms with E-state index in [9.17, 15) is 4.79 Å². The van der Waals surface area contributed by atoms with Gasteiger partial charge in [0.2, 0.25) is 0 Å². The van der Waals surface area contributed by atoms with Crippen LogP contribution in [0.2, 0.25) is 0 Å². The van der Waals surface area contributed by atoms with Crippen LogP contribution in [0.15, 0.2) is 22.9 Å². The Kier molecular flexibility index (Phi) is 2.96. The number of hydrogen-bond acceptors (Lipinski definition) is 4. The van der Waals surface area contributed by atoms with Gasteiger partial charge in [0, 0.05) is 24.5 Å². The minimum atomic E-state index is -0.0705. The Bertz CT molecular complexity index is 694. The predicted molar refractivity (Wildman–Crippen MR) is 79.2 cm³/mol. The first-order chi connectivity index (χ1) is 10.2. The van der Waals surface area contributed by atoms with Crippen molar-refractivity contribution in [2.75, 3.05) is 19.6 Å². The predicted octanol–water partition coefficient (Wildman–Crippen LogP) is 1.82. The molecule has 2 unspecified atom stereocenters. The standard InChI is InChI=1S/C16H19N3O2/c1-2-10-9-21-15-6-17-13(5-12(10)15)16(20)18-14-8-19-4-3-11(14)7-19/h5-6,9,11,14H,2-4,7-8H2,1H3,(H,18,20)/t11-,14?/m0/s1. The Morgan fingerprint density at radius 3 is 3.14 bits per heavy atom. The van der Waals surface area contributed by atoms with Gasteiger partial charge in [-0.05, 0) is 36.9 Å². The summed E-state index contributed by atoms with van der Waals surface area (Å²) in [5.41, 5.74) is 2.35. The number of nitrogens with one attached hydrogen (secondary N) is 1. The van der Waals surface area contributed by atoms with E-state index in [2.05, 4.69) is 22.1 Å². The number of nitrogens with zero attached hydrogens (tertiary/aromatic N) is 2. The number of aromatic nitrogens is 1. The quantitative estimate of drug-likeness (QED) is 0.934. The summed E-state index contributed by atoms with van der Waals surface area (Å²) in [7, 11) is 0. The molecule has 0 spiro atoms. The van der Waals surface area contributed by atoms with E-state index in [1.165, 1.54) is 13.0 Å². The maximum absolute atomic E-state index is 12.4. The highest BCUT2D eigenvalue weighted by Crippen LogP contribution is 2.28. The van der Waals surface area contributed by atoms with Gasteiger partial charge in [0.15, 0.2) is 5.58 Å². The first-order valence-electron chi connectivity index (χ1n) is 7.64. The van der Waals surface area contributed by atoms with E-state index < -0.39 is 0 Å². The third-order valence-corrected chi connectivity index (χ3v) is 4.80. The summed E-state index contributed by atoms with van der Waals surface area (Å²) in [4.78, 5) is 19.1. The highest BCUT2D eigenvalue weighted by atomic mass is 16.3. The Hall–Kier alpha value is -1.88. The lowest BCUT2D eigenvalue weighted by Crippen LogP contribution is -2.43. The van der Waals surface area contributed by atoms with E-state index >= 15 is 0 Å². The molecule has 1 N–H and O–H groups in total. The van der Waals surface area contributed by atoms with Crippen molar-refractivity contribution in [3.8, 4) is 0 Å². The second-order valence-electron chi connectivity index (χ2n) is 6.07. The number of aryl methyl sites for hydroxylation is 1. The number of rotatable bonds is 3. The summed E-state index contributed by atoms with van der Waals surface area (Å²) in [5, 5.41) is 4.14. The molecule has 2 aromatic rings. The van der Waals surface area contributed by atoms with Crippen LogP contribution in [0.1, 0.15) is 29.4 Å². The van der Waals surface area contributed by atoms with E-state index in [0.29, 0.717) is 11.6 Å². The maximum atomic E-state index is 12.4. The minimum Gasteiger partial charge on any atom is -0.462 e. The molecule has 0 aromatic carbocycles. The Labute approximate surface area is 123 Å². The fourth-order valence-corrected chi connectivity index (χ4v) is 3.57. The van der Waals surface area contributed by atoms with Crippen LogP contribution in [-0.2, 0) is 6.42 Å². The van der Waals surface area contributed by atoms with Gasteiger partial charge in [0.1, 0.15) is 5.69 Å². The summed E-state index contributed by atoms with van der Waals surface area (Å²) >= 11 is 0. The number of carbonyl (C=O) groups excluding carboxylic acids is 1. The molecule has 3 atom stereocenters. The minimum absolute atomic E-state index is 0.0705. The highest BCUT2D eigenvalue weighted by molar-refractivity contribution is 5.96. The summed E-state index contributed by atoms with van der Waals surface area (Å²) in [5.74, 6) is 0.539. The van der Waals surface area contributed by atoms with E-state index in [1.54, 1.807) is 12.5 Å². The van der Waals surface area contributed by atoms with Gasteiger partial charge in [-0.25, -0.2) is 4.98 Å². The van der Waals surface area contributed by atoms with Gasteiger partial charge >= 0.3 is 0 Å². The van der Waals surface area contributed by atoms with E-state index in [1.807, 2.05) is 6.07 Å². The molecule has 0 saturated carbocycles. The Morgan fingerprint density at radius 1 is 1.52 bits per heavy atom. The van der Waals surface area contributed by atoms with Gasteiger partial charge in [-0.3, -0.25) is 4.79 Å².